The molecule has 1 heterocycles. The molecule has 6 nitrogen and oxygen atoms in total. The minimum absolute atomic E-state index is 0.0314. The lowest BCUT2D eigenvalue weighted by Gasteiger charge is -2.15. The summed E-state index contributed by atoms with van der Waals surface area (Å²) < 4.78 is 14.4. The van der Waals surface area contributed by atoms with E-state index in [2.05, 4.69) is 68.9 Å². The highest BCUT2D eigenvalue weighted by Crippen LogP contribution is 2.34. The van der Waals surface area contributed by atoms with Gasteiger partial charge in [0, 0.05) is 16.9 Å². The number of methoxy groups -OCH3 is 1. The van der Waals surface area contributed by atoms with Crippen molar-refractivity contribution in [2.24, 2.45) is 5.10 Å². The number of aromatic nitrogens is 1. The molecule has 4 rings (SSSR count). The number of carbonyl (C=O) groups excluding carboxylic acids is 1. The second-order valence-corrected chi connectivity index (χ2v) is 9.67. The first kappa shape index (κ1) is 25.5. The molecular weight excluding hydrogens is 565 g/mol. The van der Waals surface area contributed by atoms with Crippen LogP contribution in [0, 0.1) is 10.5 Å². The van der Waals surface area contributed by atoms with E-state index in [4.69, 9.17) is 9.47 Å². The van der Waals surface area contributed by atoms with E-state index < -0.39 is 0 Å². The smallest absolute Gasteiger partial charge is 0.271 e. The molecule has 0 atom stereocenters. The summed E-state index contributed by atoms with van der Waals surface area (Å²) in [6, 6.07) is 25.7. The predicted molar refractivity (Wildman–Crippen MR) is 152 cm³/mol. The van der Waals surface area contributed by atoms with Crippen molar-refractivity contribution in [1.29, 1.82) is 0 Å². The molecule has 1 amide bonds. The lowest BCUT2D eigenvalue weighted by Crippen LogP contribution is -2.17. The van der Waals surface area contributed by atoms with Crippen molar-refractivity contribution >= 4 is 34.7 Å². The standard InChI is InChI=1S/C29H28IN3O3/c1-19(2)36-28-25(30)16-21(17-27(28)35-4)18-31-32-29(34)23-11-13-24(14-12-23)33-20(3)10-15-26(33)22-8-6-5-7-9-22/h5-19H,1-4H3,(H,32,34)/b31-18+. The van der Waals surface area contributed by atoms with Gasteiger partial charge in [0.15, 0.2) is 11.5 Å². The molecule has 7 heteroatoms. The van der Waals surface area contributed by atoms with E-state index in [0.29, 0.717) is 17.1 Å². The van der Waals surface area contributed by atoms with Crippen LogP contribution in [0.2, 0.25) is 0 Å². The number of benzene rings is 3. The number of carbonyl (C=O) groups is 1. The van der Waals surface area contributed by atoms with Crippen molar-refractivity contribution in [1.82, 2.24) is 9.99 Å². The molecular formula is C29H28IN3O3. The van der Waals surface area contributed by atoms with Crippen LogP contribution in [0.4, 0.5) is 0 Å². The SMILES string of the molecule is COc1cc(/C=N/NC(=O)c2ccc(-n3c(C)ccc3-c3ccccc3)cc2)cc(I)c1OC(C)C. The van der Waals surface area contributed by atoms with Crippen molar-refractivity contribution in [2.45, 2.75) is 26.9 Å². The molecule has 0 fully saturated rings. The molecule has 0 bridgehead atoms. The third-order valence-electron chi connectivity index (χ3n) is 5.52. The van der Waals surface area contributed by atoms with Crippen LogP contribution in [-0.4, -0.2) is 29.9 Å². The Kier molecular flexibility index (Phi) is 8.10. The second kappa shape index (κ2) is 11.4. The molecule has 36 heavy (non-hydrogen) atoms. The van der Waals surface area contributed by atoms with Gasteiger partial charge in [-0.25, -0.2) is 5.43 Å². The van der Waals surface area contributed by atoms with E-state index in [0.717, 1.165) is 31.8 Å². The van der Waals surface area contributed by atoms with Crippen molar-refractivity contribution in [2.75, 3.05) is 7.11 Å². The Labute approximate surface area is 225 Å². The summed E-state index contributed by atoms with van der Waals surface area (Å²) in [5.41, 5.74) is 8.26. The number of nitrogens with zero attached hydrogens (tertiary/aromatic N) is 2. The highest BCUT2D eigenvalue weighted by Gasteiger charge is 2.13. The van der Waals surface area contributed by atoms with Gasteiger partial charge in [-0.2, -0.15) is 5.10 Å². The Hall–Kier alpha value is -3.59. The third kappa shape index (κ3) is 5.79. The first-order valence-corrected chi connectivity index (χ1v) is 12.7. The zero-order chi connectivity index (χ0) is 25.7. The first-order valence-electron chi connectivity index (χ1n) is 11.6. The number of aryl methyl sites for hydroxylation is 1. The van der Waals surface area contributed by atoms with Gasteiger partial charge in [0.1, 0.15) is 0 Å². The molecule has 0 spiro atoms. The Bertz CT molecular complexity index is 1380. The number of amides is 1. The maximum absolute atomic E-state index is 12.7. The summed E-state index contributed by atoms with van der Waals surface area (Å²) in [5.74, 6) is 1.03. The van der Waals surface area contributed by atoms with Crippen molar-refractivity contribution in [3.63, 3.8) is 0 Å². The second-order valence-electron chi connectivity index (χ2n) is 8.51. The monoisotopic (exact) mass is 593 g/mol. The number of hydrogen-bond donors (Lipinski definition) is 1. The van der Waals surface area contributed by atoms with Crippen LogP contribution >= 0.6 is 22.6 Å². The van der Waals surface area contributed by atoms with Gasteiger partial charge >= 0.3 is 0 Å². The summed E-state index contributed by atoms with van der Waals surface area (Å²) in [4.78, 5) is 12.7. The number of nitrogens with one attached hydrogen (secondary N) is 1. The minimum Gasteiger partial charge on any atom is -0.493 e. The van der Waals surface area contributed by atoms with E-state index >= 15 is 0 Å². The molecule has 3 aromatic carbocycles. The number of halogens is 1. The van der Waals surface area contributed by atoms with Gasteiger partial charge in [-0.1, -0.05) is 30.3 Å². The Balaban J connectivity index is 1.47. The molecule has 4 aromatic rings. The van der Waals surface area contributed by atoms with Crippen molar-refractivity contribution in [3.05, 3.63) is 99.3 Å². The van der Waals surface area contributed by atoms with E-state index in [1.807, 2.05) is 56.3 Å². The van der Waals surface area contributed by atoms with Crippen LogP contribution in [-0.2, 0) is 0 Å². The van der Waals surface area contributed by atoms with Gasteiger partial charge in [0.2, 0.25) is 0 Å². The zero-order valence-corrected chi connectivity index (χ0v) is 22.8. The Morgan fingerprint density at radius 3 is 2.42 bits per heavy atom. The number of ether oxygens (including phenoxy) is 2. The lowest BCUT2D eigenvalue weighted by molar-refractivity contribution is 0.0955. The third-order valence-corrected chi connectivity index (χ3v) is 6.32. The molecule has 0 saturated heterocycles. The van der Waals surface area contributed by atoms with Gasteiger partial charge in [-0.15, -0.1) is 0 Å². The normalized spacial score (nSPS) is 11.2. The van der Waals surface area contributed by atoms with Crippen LogP contribution in [0.15, 0.2) is 84.0 Å². The molecule has 0 aliphatic carbocycles. The number of rotatable bonds is 8. The van der Waals surface area contributed by atoms with Crippen molar-refractivity contribution in [3.8, 4) is 28.4 Å². The van der Waals surface area contributed by atoms with Gasteiger partial charge < -0.3 is 14.0 Å². The first-order chi connectivity index (χ1) is 17.4. The summed E-state index contributed by atoms with van der Waals surface area (Å²) in [6.45, 7) is 6.00. The van der Waals surface area contributed by atoms with Gasteiger partial charge in [-0.3, -0.25) is 4.79 Å². The molecule has 1 N–H and O–H groups in total. The van der Waals surface area contributed by atoms with Gasteiger partial charge in [0.25, 0.3) is 5.91 Å². The van der Waals surface area contributed by atoms with E-state index in [1.165, 1.54) is 0 Å². The van der Waals surface area contributed by atoms with E-state index in [9.17, 15) is 4.79 Å². The summed E-state index contributed by atoms with van der Waals surface area (Å²) >= 11 is 2.20. The minimum atomic E-state index is -0.285. The highest BCUT2D eigenvalue weighted by molar-refractivity contribution is 14.1. The molecule has 184 valence electrons. The zero-order valence-electron chi connectivity index (χ0n) is 20.7. The van der Waals surface area contributed by atoms with E-state index in [-0.39, 0.29) is 12.0 Å². The number of hydrogen-bond acceptors (Lipinski definition) is 4. The molecule has 1 aromatic heterocycles. The molecule has 0 saturated carbocycles. The topological polar surface area (TPSA) is 64.8 Å². The van der Waals surface area contributed by atoms with Crippen LogP contribution in [0.1, 0.15) is 35.5 Å². The molecule has 0 radical (unpaired) electrons. The predicted octanol–water partition coefficient (Wildman–Crippen LogP) is 6.62. The van der Waals surface area contributed by atoms with E-state index in [1.54, 1.807) is 25.5 Å². The molecule has 0 aliphatic heterocycles. The Morgan fingerprint density at radius 1 is 1.03 bits per heavy atom. The lowest BCUT2D eigenvalue weighted by atomic mass is 10.1. The maximum atomic E-state index is 12.7. The number of hydrazone groups is 1. The van der Waals surface area contributed by atoms with Crippen LogP contribution in [0.25, 0.3) is 16.9 Å². The fraction of sp³-hybridized carbons (Fsp3) is 0.172. The molecule has 0 unspecified atom stereocenters. The average Bonchev–Trinajstić information content (AvgIpc) is 3.27. The largest absolute Gasteiger partial charge is 0.493 e. The summed E-state index contributed by atoms with van der Waals surface area (Å²) in [7, 11) is 1.60. The van der Waals surface area contributed by atoms with Gasteiger partial charge in [-0.05, 0) is 103 Å². The van der Waals surface area contributed by atoms with Crippen LogP contribution in [0.5, 0.6) is 11.5 Å². The van der Waals surface area contributed by atoms with Crippen LogP contribution in [0.3, 0.4) is 0 Å². The highest BCUT2D eigenvalue weighted by atomic mass is 127. The van der Waals surface area contributed by atoms with Crippen molar-refractivity contribution < 1.29 is 14.3 Å². The summed E-state index contributed by atoms with van der Waals surface area (Å²) in [6.07, 6.45) is 1.62. The maximum Gasteiger partial charge on any atom is 0.271 e. The average molecular weight is 593 g/mol. The van der Waals surface area contributed by atoms with Gasteiger partial charge in [0.05, 0.1) is 28.7 Å². The van der Waals surface area contributed by atoms with Crippen LogP contribution < -0.4 is 14.9 Å². The Morgan fingerprint density at radius 2 is 1.75 bits per heavy atom. The molecule has 0 aliphatic rings. The quantitative estimate of drug-likeness (QED) is 0.142. The fourth-order valence-electron chi connectivity index (χ4n) is 3.87. The fourth-order valence-corrected chi connectivity index (χ4v) is 4.62. The summed E-state index contributed by atoms with van der Waals surface area (Å²) in [5, 5.41) is 4.14.